The van der Waals surface area contributed by atoms with Gasteiger partial charge in [0, 0.05) is 19.7 Å². The van der Waals surface area contributed by atoms with Crippen LogP contribution < -0.4 is 0 Å². The van der Waals surface area contributed by atoms with Crippen LogP contribution >= 0.6 is 0 Å². The lowest BCUT2D eigenvalue weighted by Crippen LogP contribution is -2.50. The van der Waals surface area contributed by atoms with Gasteiger partial charge in [-0.2, -0.15) is 0 Å². The first-order chi connectivity index (χ1) is 12.6. The molecule has 0 aliphatic carbocycles. The first kappa shape index (κ1) is 16.9. The molecule has 0 N–H and O–H groups in total. The normalized spacial score (nSPS) is 23.8. The molecule has 2 heterocycles. The third kappa shape index (κ3) is 2.83. The summed E-state index contributed by atoms with van der Waals surface area (Å²) >= 11 is 0. The minimum Gasteiger partial charge on any atom is -0.367 e. The summed E-state index contributed by atoms with van der Waals surface area (Å²) in [7, 11) is 2.05. The molecule has 1 fully saturated rings. The van der Waals surface area contributed by atoms with Crippen LogP contribution in [0.5, 0.6) is 0 Å². The van der Waals surface area contributed by atoms with E-state index in [4.69, 9.17) is 4.74 Å². The zero-order valence-corrected chi connectivity index (χ0v) is 14.9. The van der Waals surface area contributed by atoms with Gasteiger partial charge in [-0.3, -0.25) is 14.5 Å². The average molecular weight is 350 g/mol. The van der Waals surface area contributed by atoms with Crippen molar-refractivity contribution in [2.24, 2.45) is 0 Å². The lowest BCUT2D eigenvalue weighted by Gasteiger charge is -2.37. The first-order valence-electron chi connectivity index (χ1n) is 8.94. The monoisotopic (exact) mass is 350 g/mol. The van der Waals surface area contributed by atoms with Crippen LogP contribution in [-0.2, 0) is 10.3 Å². The lowest BCUT2D eigenvalue weighted by molar-refractivity contribution is -0.0616. The van der Waals surface area contributed by atoms with Gasteiger partial charge in [-0.25, -0.2) is 0 Å². The maximum absolute atomic E-state index is 12.9. The fourth-order valence-electron chi connectivity index (χ4n) is 3.90. The van der Waals surface area contributed by atoms with E-state index in [9.17, 15) is 9.59 Å². The van der Waals surface area contributed by atoms with Gasteiger partial charge >= 0.3 is 0 Å². The van der Waals surface area contributed by atoms with E-state index in [1.807, 2.05) is 30.3 Å². The Morgan fingerprint density at radius 3 is 2.23 bits per heavy atom. The molecular weight excluding hydrogens is 328 g/mol. The summed E-state index contributed by atoms with van der Waals surface area (Å²) in [5.41, 5.74) is 1.22. The highest BCUT2D eigenvalue weighted by Crippen LogP contribution is 2.33. The number of amides is 2. The summed E-state index contributed by atoms with van der Waals surface area (Å²) in [4.78, 5) is 29.3. The number of hydrogen-bond acceptors (Lipinski definition) is 4. The standard InChI is InChI=1S/C21H22N2O3/c1-22-12-7-13-26-21(14-22,16-8-3-2-4-9-16)15-23-19(24)17-10-5-6-11-18(17)20(23)25/h2-6,8-11H,7,12-15H2,1H3. The molecule has 0 saturated carbocycles. The fourth-order valence-corrected chi connectivity index (χ4v) is 3.90. The van der Waals surface area contributed by atoms with Crippen LogP contribution in [-0.4, -0.2) is 54.9 Å². The number of imide groups is 1. The summed E-state index contributed by atoms with van der Waals surface area (Å²) < 4.78 is 6.32. The Balaban J connectivity index is 1.72. The molecule has 5 heteroatoms. The minimum absolute atomic E-state index is 0.216. The highest BCUT2D eigenvalue weighted by Gasteiger charge is 2.44. The van der Waals surface area contributed by atoms with Crippen molar-refractivity contribution in [1.82, 2.24) is 9.80 Å². The van der Waals surface area contributed by atoms with Crippen LogP contribution in [0.2, 0.25) is 0 Å². The third-order valence-corrected chi connectivity index (χ3v) is 5.18. The number of fused-ring (bicyclic) bond motifs is 1. The molecule has 26 heavy (non-hydrogen) atoms. The molecule has 4 rings (SSSR count). The van der Waals surface area contributed by atoms with Crippen LogP contribution in [0.25, 0.3) is 0 Å². The van der Waals surface area contributed by atoms with E-state index in [1.165, 1.54) is 4.90 Å². The van der Waals surface area contributed by atoms with E-state index in [2.05, 4.69) is 11.9 Å². The third-order valence-electron chi connectivity index (χ3n) is 5.18. The van der Waals surface area contributed by atoms with Gasteiger partial charge in [0.25, 0.3) is 11.8 Å². The van der Waals surface area contributed by atoms with E-state index >= 15 is 0 Å². The van der Waals surface area contributed by atoms with Gasteiger partial charge in [-0.05, 0) is 31.2 Å². The number of carbonyl (C=O) groups excluding carboxylic acids is 2. The highest BCUT2D eigenvalue weighted by atomic mass is 16.5. The molecule has 1 saturated heterocycles. The SMILES string of the molecule is CN1CCCOC(CN2C(=O)c3ccccc3C2=O)(c2ccccc2)C1. The predicted molar refractivity (Wildman–Crippen MR) is 98.0 cm³/mol. The number of ether oxygens (including phenoxy) is 1. The predicted octanol–water partition coefficient (Wildman–Crippen LogP) is 2.53. The minimum atomic E-state index is -0.722. The number of rotatable bonds is 3. The summed E-state index contributed by atoms with van der Waals surface area (Å²) in [5, 5.41) is 0. The second-order valence-electron chi connectivity index (χ2n) is 7.04. The Labute approximate surface area is 153 Å². The van der Waals surface area contributed by atoms with E-state index < -0.39 is 5.60 Å². The molecule has 2 aliphatic rings. The molecule has 2 aromatic rings. The van der Waals surface area contributed by atoms with Crippen molar-refractivity contribution >= 4 is 11.8 Å². The Morgan fingerprint density at radius 2 is 1.58 bits per heavy atom. The van der Waals surface area contributed by atoms with E-state index in [1.54, 1.807) is 24.3 Å². The van der Waals surface area contributed by atoms with E-state index in [-0.39, 0.29) is 18.4 Å². The maximum Gasteiger partial charge on any atom is 0.261 e. The van der Waals surface area contributed by atoms with Gasteiger partial charge in [0.1, 0.15) is 5.60 Å². The average Bonchev–Trinajstić information content (AvgIpc) is 2.81. The van der Waals surface area contributed by atoms with Gasteiger partial charge in [0.05, 0.1) is 17.7 Å². The fraction of sp³-hybridized carbons (Fsp3) is 0.333. The summed E-state index contributed by atoms with van der Waals surface area (Å²) in [6.07, 6.45) is 0.924. The Kier molecular flexibility index (Phi) is 4.34. The van der Waals surface area contributed by atoms with Crippen LogP contribution in [0.15, 0.2) is 54.6 Å². The molecule has 0 spiro atoms. The van der Waals surface area contributed by atoms with Crippen LogP contribution in [0, 0.1) is 0 Å². The van der Waals surface area contributed by atoms with Crippen molar-refractivity contribution in [3.05, 3.63) is 71.3 Å². The molecule has 134 valence electrons. The Bertz CT molecular complexity index is 801. The van der Waals surface area contributed by atoms with E-state index in [0.717, 1.165) is 18.5 Å². The zero-order valence-electron chi connectivity index (χ0n) is 14.9. The van der Waals surface area contributed by atoms with Crippen molar-refractivity contribution in [1.29, 1.82) is 0 Å². The molecule has 0 aromatic heterocycles. The number of carbonyl (C=O) groups is 2. The van der Waals surface area contributed by atoms with Crippen molar-refractivity contribution in [3.8, 4) is 0 Å². The van der Waals surface area contributed by atoms with Crippen LogP contribution in [0.4, 0.5) is 0 Å². The Morgan fingerprint density at radius 1 is 0.962 bits per heavy atom. The zero-order chi connectivity index (χ0) is 18.1. The largest absolute Gasteiger partial charge is 0.367 e. The quantitative estimate of drug-likeness (QED) is 0.798. The molecule has 2 aromatic carbocycles. The van der Waals surface area contributed by atoms with Gasteiger partial charge in [0.15, 0.2) is 0 Å². The second kappa shape index (κ2) is 6.67. The Hall–Kier alpha value is -2.50. The lowest BCUT2D eigenvalue weighted by atomic mass is 9.92. The molecule has 1 unspecified atom stereocenters. The number of nitrogens with zero attached hydrogens (tertiary/aromatic N) is 2. The maximum atomic E-state index is 12.9. The van der Waals surface area contributed by atoms with Crippen LogP contribution in [0.3, 0.4) is 0 Å². The van der Waals surface area contributed by atoms with Gasteiger partial charge in [0.2, 0.25) is 0 Å². The van der Waals surface area contributed by atoms with Gasteiger partial charge < -0.3 is 9.64 Å². The van der Waals surface area contributed by atoms with Gasteiger partial charge in [-0.1, -0.05) is 42.5 Å². The number of hydrogen-bond donors (Lipinski definition) is 0. The molecule has 1 atom stereocenters. The molecule has 0 bridgehead atoms. The molecule has 2 amide bonds. The number of benzene rings is 2. The molecular formula is C21H22N2O3. The first-order valence-corrected chi connectivity index (χ1v) is 8.94. The van der Waals surface area contributed by atoms with Crippen molar-refractivity contribution in [2.75, 3.05) is 33.3 Å². The van der Waals surface area contributed by atoms with Crippen molar-refractivity contribution in [3.63, 3.8) is 0 Å². The summed E-state index contributed by atoms with van der Waals surface area (Å²) in [6, 6.07) is 16.9. The van der Waals surface area contributed by atoms with Crippen LogP contribution in [0.1, 0.15) is 32.7 Å². The smallest absolute Gasteiger partial charge is 0.261 e. The second-order valence-corrected chi connectivity index (χ2v) is 7.04. The summed E-state index contributed by atoms with van der Waals surface area (Å²) in [5.74, 6) is -0.479. The topological polar surface area (TPSA) is 49.9 Å². The van der Waals surface area contributed by atoms with Gasteiger partial charge in [-0.15, -0.1) is 0 Å². The molecule has 2 aliphatic heterocycles. The summed E-state index contributed by atoms with van der Waals surface area (Å²) in [6.45, 7) is 2.37. The van der Waals surface area contributed by atoms with Crippen molar-refractivity contribution < 1.29 is 14.3 Å². The molecule has 0 radical (unpaired) electrons. The number of likely N-dealkylation sites (N-methyl/N-ethyl adjacent to an activating group) is 1. The van der Waals surface area contributed by atoms with E-state index in [0.29, 0.717) is 24.3 Å². The highest BCUT2D eigenvalue weighted by molar-refractivity contribution is 6.21. The van der Waals surface area contributed by atoms with Crippen molar-refractivity contribution in [2.45, 2.75) is 12.0 Å². The molecule has 5 nitrogen and oxygen atoms in total.